The normalized spacial score (nSPS) is 10.3. The fourth-order valence-electron chi connectivity index (χ4n) is 1.79. The van der Waals surface area contributed by atoms with Crippen LogP contribution in [-0.4, -0.2) is 17.6 Å². The van der Waals surface area contributed by atoms with Gasteiger partial charge in [0, 0.05) is 17.1 Å². The third-order valence-electron chi connectivity index (χ3n) is 2.88. The van der Waals surface area contributed by atoms with Gasteiger partial charge in [-0.25, -0.2) is 0 Å². The summed E-state index contributed by atoms with van der Waals surface area (Å²) in [6, 6.07) is 15.1. The maximum atomic E-state index is 10.4. The van der Waals surface area contributed by atoms with Gasteiger partial charge in [0.25, 0.3) is 0 Å². The van der Waals surface area contributed by atoms with Crippen molar-refractivity contribution in [2.75, 3.05) is 6.54 Å². The molecule has 2 aromatic carbocycles. The number of ether oxygens (including phenoxy) is 1. The van der Waals surface area contributed by atoms with Gasteiger partial charge in [0.2, 0.25) is 0 Å². The van der Waals surface area contributed by atoms with E-state index >= 15 is 0 Å². The molecule has 0 heterocycles. The average molecular weight is 306 g/mol. The molecule has 0 unspecified atom stereocenters. The smallest absolute Gasteiger partial charge is 0.317 e. The van der Waals surface area contributed by atoms with Crippen LogP contribution >= 0.6 is 11.6 Å². The Hall–Kier alpha value is -2.04. The molecule has 0 aliphatic rings. The first-order chi connectivity index (χ1) is 10.1. The molecule has 0 aromatic heterocycles. The van der Waals surface area contributed by atoms with Gasteiger partial charge in [0.15, 0.2) is 0 Å². The van der Waals surface area contributed by atoms with Crippen molar-refractivity contribution in [1.82, 2.24) is 5.32 Å². The average Bonchev–Trinajstić information content (AvgIpc) is 2.47. The van der Waals surface area contributed by atoms with E-state index in [-0.39, 0.29) is 6.54 Å². The molecule has 0 fully saturated rings. The van der Waals surface area contributed by atoms with Crippen molar-refractivity contribution in [2.24, 2.45) is 0 Å². The molecule has 4 nitrogen and oxygen atoms in total. The van der Waals surface area contributed by atoms with Crippen molar-refractivity contribution in [3.05, 3.63) is 64.7 Å². The lowest BCUT2D eigenvalue weighted by Crippen LogP contribution is -2.21. The highest BCUT2D eigenvalue weighted by molar-refractivity contribution is 6.31. The van der Waals surface area contributed by atoms with Gasteiger partial charge >= 0.3 is 5.97 Å². The lowest BCUT2D eigenvalue weighted by atomic mass is 10.2. The van der Waals surface area contributed by atoms with E-state index < -0.39 is 5.97 Å². The second-order valence-corrected chi connectivity index (χ2v) is 4.93. The van der Waals surface area contributed by atoms with Crippen LogP contribution in [0.15, 0.2) is 48.5 Å². The van der Waals surface area contributed by atoms with Gasteiger partial charge in [0.05, 0.1) is 6.54 Å². The predicted molar refractivity (Wildman–Crippen MR) is 81.6 cm³/mol. The Labute approximate surface area is 128 Å². The number of hydrogen-bond donors (Lipinski definition) is 2. The zero-order valence-electron chi connectivity index (χ0n) is 11.4. The topological polar surface area (TPSA) is 58.6 Å². The number of aliphatic carboxylic acids is 1. The van der Waals surface area contributed by atoms with E-state index in [1.54, 1.807) is 0 Å². The quantitative estimate of drug-likeness (QED) is 0.825. The molecule has 5 heteroatoms. The number of hydrogen-bond acceptors (Lipinski definition) is 3. The maximum absolute atomic E-state index is 10.4. The van der Waals surface area contributed by atoms with E-state index in [1.807, 2.05) is 48.5 Å². The minimum atomic E-state index is -0.866. The summed E-state index contributed by atoms with van der Waals surface area (Å²) in [5, 5.41) is 12.1. The molecule has 0 bridgehead atoms. The molecule has 2 N–H and O–H groups in total. The number of carboxylic acid groups (broad SMARTS) is 1. The van der Waals surface area contributed by atoms with Gasteiger partial charge < -0.3 is 15.2 Å². The van der Waals surface area contributed by atoms with E-state index in [0.717, 1.165) is 16.9 Å². The highest BCUT2D eigenvalue weighted by Crippen LogP contribution is 2.18. The largest absolute Gasteiger partial charge is 0.489 e. The fourth-order valence-corrected chi connectivity index (χ4v) is 1.98. The van der Waals surface area contributed by atoms with Crippen LogP contribution in [0.5, 0.6) is 5.75 Å². The molecule has 0 saturated heterocycles. The molecule has 2 rings (SSSR count). The van der Waals surface area contributed by atoms with E-state index in [4.69, 9.17) is 21.4 Å². The lowest BCUT2D eigenvalue weighted by molar-refractivity contribution is -0.135. The summed E-state index contributed by atoms with van der Waals surface area (Å²) < 4.78 is 5.67. The van der Waals surface area contributed by atoms with Crippen LogP contribution in [0.3, 0.4) is 0 Å². The van der Waals surface area contributed by atoms with Crippen molar-refractivity contribution in [3.63, 3.8) is 0 Å². The van der Waals surface area contributed by atoms with Crippen molar-refractivity contribution < 1.29 is 14.6 Å². The fraction of sp³-hybridized carbons (Fsp3) is 0.188. The van der Waals surface area contributed by atoms with Crippen LogP contribution < -0.4 is 10.1 Å². The van der Waals surface area contributed by atoms with Gasteiger partial charge in [-0.3, -0.25) is 4.79 Å². The first-order valence-corrected chi connectivity index (χ1v) is 6.90. The van der Waals surface area contributed by atoms with Crippen LogP contribution in [0.25, 0.3) is 0 Å². The number of rotatable bonds is 7. The van der Waals surface area contributed by atoms with E-state index in [2.05, 4.69) is 5.32 Å². The first-order valence-electron chi connectivity index (χ1n) is 6.53. The van der Waals surface area contributed by atoms with E-state index in [1.165, 1.54) is 0 Å². The van der Waals surface area contributed by atoms with Gasteiger partial charge in [-0.2, -0.15) is 0 Å². The highest BCUT2D eigenvalue weighted by atomic mass is 35.5. The Balaban J connectivity index is 1.85. The summed E-state index contributed by atoms with van der Waals surface area (Å²) in [6.45, 7) is 0.873. The van der Waals surface area contributed by atoms with E-state index in [0.29, 0.717) is 18.2 Å². The Morgan fingerprint density at radius 3 is 2.52 bits per heavy atom. The number of benzene rings is 2. The first kappa shape index (κ1) is 15.4. The lowest BCUT2D eigenvalue weighted by Gasteiger charge is -2.08. The van der Waals surface area contributed by atoms with Crippen LogP contribution in [0.1, 0.15) is 11.1 Å². The SMILES string of the molecule is O=C(O)CNCc1ccc(OCc2ccccc2Cl)cc1. The highest BCUT2D eigenvalue weighted by Gasteiger charge is 2.01. The summed E-state index contributed by atoms with van der Waals surface area (Å²) in [7, 11) is 0. The Morgan fingerprint density at radius 1 is 1.14 bits per heavy atom. The number of halogens is 1. The van der Waals surface area contributed by atoms with Crippen molar-refractivity contribution in [2.45, 2.75) is 13.2 Å². The molecule has 0 amide bonds. The molecular formula is C16H16ClNO3. The van der Waals surface area contributed by atoms with Crippen molar-refractivity contribution in [3.8, 4) is 5.75 Å². The summed E-state index contributed by atoms with van der Waals surface area (Å²) in [5.41, 5.74) is 1.94. The van der Waals surface area contributed by atoms with Gasteiger partial charge in [-0.05, 0) is 23.8 Å². The number of carbonyl (C=O) groups is 1. The van der Waals surface area contributed by atoms with Gasteiger partial charge in [-0.1, -0.05) is 41.9 Å². The molecular weight excluding hydrogens is 290 g/mol. The van der Waals surface area contributed by atoms with Gasteiger partial charge in [-0.15, -0.1) is 0 Å². The summed E-state index contributed by atoms with van der Waals surface area (Å²) in [6.07, 6.45) is 0. The number of carboxylic acids is 1. The third-order valence-corrected chi connectivity index (χ3v) is 3.25. The minimum absolute atomic E-state index is 0.0508. The molecule has 0 spiro atoms. The predicted octanol–water partition coefficient (Wildman–Crippen LogP) is 3.09. The van der Waals surface area contributed by atoms with Crippen LogP contribution in [0.2, 0.25) is 5.02 Å². The molecule has 110 valence electrons. The molecule has 0 atom stereocenters. The summed E-state index contributed by atoms with van der Waals surface area (Å²) >= 11 is 6.06. The molecule has 21 heavy (non-hydrogen) atoms. The summed E-state index contributed by atoms with van der Waals surface area (Å²) in [4.78, 5) is 10.4. The second kappa shape index (κ2) is 7.67. The minimum Gasteiger partial charge on any atom is -0.489 e. The third kappa shape index (κ3) is 5.10. The Morgan fingerprint density at radius 2 is 1.86 bits per heavy atom. The summed E-state index contributed by atoms with van der Waals surface area (Å²) in [5.74, 6) is -0.119. The van der Waals surface area contributed by atoms with E-state index in [9.17, 15) is 4.79 Å². The van der Waals surface area contributed by atoms with Crippen LogP contribution in [0.4, 0.5) is 0 Å². The zero-order chi connectivity index (χ0) is 15.1. The molecule has 0 radical (unpaired) electrons. The zero-order valence-corrected chi connectivity index (χ0v) is 12.1. The molecule has 2 aromatic rings. The number of nitrogens with one attached hydrogen (secondary N) is 1. The second-order valence-electron chi connectivity index (χ2n) is 4.52. The molecule has 0 aliphatic heterocycles. The van der Waals surface area contributed by atoms with Crippen molar-refractivity contribution in [1.29, 1.82) is 0 Å². The Bertz CT molecular complexity index is 599. The maximum Gasteiger partial charge on any atom is 0.317 e. The molecule has 0 aliphatic carbocycles. The van der Waals surface area contributed by atoms with Crippen molar-refractivity contribution >= 4 is 17.6 Å². The molecule has 0 saturated carbocycles. The Kier molecular flexibility index (Phi) is 5.60. The standard InChI is InChI=1S/C16H16ClNO3/c17-15-4-2-1-3-13(15)11-21-14-7-5-12(6-8-14)9-18-10-16(19)20/h1-8,18H,9-11H2,(H,19,20). The monoisotopic (exact) mass is 305 g/mol. The van der Waals surface area contributed by atoms with Crippen LogP contribution in [-0.2, 0) is 17.9 Å². The van der Waals surface area contributed by atoms with Crippen LogP contribution in [0, 0.1) is 0 Å². The van der Waals surface area contributed by atoms with Gasteiger partial charge in [0.1, 0.15) is 12.4 Å².